The summed E-state index contributed by atoms with van der Waals surface area (Å²) >= 11 is 0. The van der Waals surface area contributed by atoms with Crippen LogP contribution in [-0.4, -0.2) is 27.1 Å². The first-order valence-corrected chi connectivity index (χ1v) is 5.74. The van der Waals surface area contributed by atoms with Crippen molar-refractivity contribution in [1.82, 2.24) is 9.97 Å². The fourth-order valence-corrected chi connectivity index (χ4v) is 1.41. The molecule has 106 valence electrons. The number of hydrogen-bond acceptors (Lipinski definition) is 4. The third-order valence-electron chi connectivity index (χ3n) is 2.39. The quantitative estimate of drug-likeness (QED) is 0.835. The Bertz CT molecular complexity index is 437. The Labute approximate surface area is 107 Å². The van der Waals surface area contributed by atoms with Crippen LogP contribution in [0.4, 0.5) is 19.1 Å². The lowest BCUT2D eigenvalue weighted by atomic mass is 10.1. The van der Waals surface area contributed by atoms with E-state index in [0.717, 1.165) is 18.7 Å². The molecule has 0 aliphatic heterocycles. The summed E-state index contributed by atoms with van der Waals surface area (Å²) in [6.45, 7) is 1.89. The number of nitrogens with one attached hydrogen (secondary N) is 1. The van der Waals surface area contributed by atoms with Gasteiger partial charge in [-0.05, 0) is 12.5 Å². The SMILES string of the molecule is CCCCC(Nc1nccc(C(F)(F)F)n1)C(=O)O. The lowest BCUT2D eigenvalue weighted by Crippen LogP contribution is -2.30. The van der Waals surface area contributed by atoms with Gasteiger partial charge in [0.15, 0.2) is 0 Å². The van der Waals surface area contributed by atoms with Crippen LogP contribution in [0, 0.1) is 0 Å². The zero-order chi connectivity index (χ0) is 14.5. The van der Waals surface area contributed by atoms with Gasteiger partial charge in [-0.25, -0.2) is 14.8 Å². The summed E-state index contributed by atoms with van der Waals surface area (Å²) in [5.41, 5.74) is -1.11. The fourth-order valence-electron chi connectivity index (χ4n) is 1.41. The van der Waals surface area contributed by atoms with E-state index >= 15 is 0 Å². The maximum atomic E-state index is 12.4. The number of hydrogen-bond donors (Lipinski definition) is 2. The first-order chi connectivity index (χ1) is 8.84. The van der Waals surface area contributed by atoms with Gasteiger partial charge in [-0.1, -0.05) is 19.8 Å². The van der Waals surface area contributed by atoms with E-state index in [9.17, 15) is 18.0 Å². The van der Waals surface area contributed by atoms with Crippen LogP contribution in [0.25, 0.3) is 0 Å². The van der Waals surface area contributed by atoms with Gasteiger partial charge >= 0.3 is 12.1 Å². The molecule has 0 spiro atoms. The highest BCUT2D eigenvalue weighted by atomic mass is 19.4. The van der Waals surface area contributed by atoms with Crippen LogP contribution in [0.3, 0.4) is 0 Å². The smallest absolute Gasteiger partial charge is 0.433 e. The van der Waals surface area contributed by atoms with Gasteiger partial charge in [0, 0.05) is 6.20 Å². The van der Waals surface area contributed by atoms with Gasteiger partial charge in [0.25, 0.3) is 0 Å². The number of rotatable bonds is 6. The third-order valence-corrected chi connectivity index (χ3v) is 2.39. The standard InChI is InChI=1S/C11H14F3N3O2/c1-2-3-4-7(9(18)19)16-10-15-6-5-8(17-10)11(12,13)14/h5-7H,2-4H2,1H3,(H,18,19)(H,15,16,17). The van der Waals surface area contributed by atoms with E-state index in [0.29, 0.717) is 12.8 Å². The second-order valence-corrected chi connectivity index (χ2v) is 3.94. The van der Waals surface area contributed by atoms with E-state index in [2.05, 4.69) is 15.3 Å². The number of unbranched alkanes of at least 4 members (excludes halogenated alkanes) is 1. The summed E-state index contributed by atoms with van der Waals surface area (Å²) in [6, 6.07) is -0.268. The summed E-state index contributed by atoms with van der Waals surface area (Å²) in [7, 11) is 0. The minimum absolute atomic E-state index is 0.297. The number of anilines is 1. The molecule has 0 fully saturated rings. The van der Waals surface area contributed by atoms with Crippen LogP contribution in [0.2, 0.25) is 0 Å². The van der Waals surface area contributed by atoms with Crippen LogP contribution in [0.1, 0.15) is 31.9 Å². The van der Waals surface area contributed by atoms with Crippen LogP contribution < -0.4 is 5.32 Å². The Kier molecular flexibility index (Phi) is 5.08. The number of aromatic nitrogens is 2. The highest BCUT2D eigenvalue weighted by Crippen LogP contribution is 2.27. The molecule has 0 saturated carbocycles. The Balaban J connectivity index is 2.82. The van der Waals surface area contributed by atoms with Crippen molar-refractivity contribution in [3.63, 3.8) is 0 Å². The topological polar surface area (TPSA) is 75.1 Å². The van der Waals surface area contributed by atoms with E-state index < -0.39 is 23.9 Å². The minimum Gasteiger partial charge on any atom is -0.480 e. The summed E-state index contributed by atoms with van der Waals surface area (Å²) < 4.78 is 37.3. The van der Waals surface area contributed by atoms with Crippen LogP contribution in [0.5, 0.6) is 0 Å². The Morgan fingerprint density at radius 3 is 2.74 bits per heavy atom. The average Bonchev–Trinajstić information content (AvgIpc) is 2.33. The molecule has 0 aliphatic carbocycles. The zero-order valence-electron chi connectivity index (χ0n) is 10.2. The first kappa shape index (κ1) is 15.2. The number of halogens is 3. The second kappa shape index (κ2) is 6.35. The fraction of sp³-hybridized carbons (Fsp3) is 0.545. The number of carboxylic acids is 1. The Morgan fingerprint density at radius 1 is 1.53 bits per heavy atom. The number of nitrogens with zero attached hydrogens (tertiary/aromatic N) is 2. The predicted molar refractivity (Wildman–Crippen MR) is 61.6 cm³/mol. The molecule has 19 heavy (non-hydrogen) atoms. The summed E-state index contributed by atoms with van der Waals surface area (Å²) in [4.78, 5) is 17.8. The van der Waals surface area contributed by atoms with E-state index in [1.807, 2.05) is 6.92 Å². The molecule has 1 unspecified atom stereocenters. The molecule has 1 atom stereocenters. The Morgan fingerprint density at radius 2 is 2.21 bits per heavy atom. The molecule has 1 aromatic heterocycles. The molecule has 0 aromatic carbocycles. The summed E-state index contributed by atoms with van der Waals surface area (Å²) in [6.07, 6.45) is -1.92. The lowest BCUT2D eigenvalue weighted by molar-refractivity contribution is -0.141. The van der Waals surface area contributed by atoms with E-state index in [-0.39, 0.29) is 5.95 Å². The molecule has 0 aliphatic rings. The van der Waals surface area contributed by atoms with Crippen molar-refractivity contribution in [3.8, 4) is 0 Å². The van der Waals surface area contributed by atoms with Gasteiger partial charge in [-0.2, -0.15) is 13.2 Å². The first-order valence-electron chi connectivity index (χ1n) is 5.74. The predicted octanol–water partition coefficient (Wildman–Crippen LogP) is 2.55. The van der Waals surface area contributed by atoms with Crippen molar-refractivity contribution in [3.05, 3.63) is 18.0 Å². The average molecular weight is 277 g/mol. The molecule has 0 saturated heterocycles. The zero-order valence-corrected chi connectivity index (χ0v) is 10.2. The van der Waals surface area contributed by atoms with Crippen LogP contribution in [0.15, 0.2) is 12.3 Å². The van der Waals surface area contributed by atoms with Crippen molar-refractivity contribution in [2.75, 3.05) is 5.32 Å². The molecule has 1 rings (SSSR count). The highest BCUT2D eigenvalue weighted by molar-refractivity contribution is 5.76. The van der Waals surface area contributed by atoms with Crippen LogP contribution in [-0.2, 0) is 11.0 Å². The van der Waals surface area contributed by atoms with Crippen molar-refractivity contribution in [2.24, 2.45) is 0 Å². The van der Waals surface area contributed by atoms with Gasteiger partial charge in [0.1, 0.15) is 11.7 Å². The normalized spacial score (nSPS) is 13.1. The molecule has 1 heterocycles. The van der Waals surface area contributed by atoms with Gasteiger partial charge in [0.2, 0.25) is 5.95 Å². The highest BCUT2D eigenvalue weighted by Gasteiger charge is 2.33. The largest absolute Gasteiger partial charge is 0.480 e. The number of carbonyl (C=O) groups is 1. The molecular formula is C11H14F3N3O2. The monoisotopic (exact) mass is 277 g/mol. The lowest BCUT2D eigenvalue weighted by Gasteiger charge is -2.14. The van der Waals surface area contributed by atoms with Gasteiger partial charge in [-0.3, -0.25) is 0 Å². The van der Waals surface area contributed by atoms with E-state index in [1.54, 1.807) is 0 Å². The number of carboxylic acid groups (broad SMARTS) is 1. The maximum Gasteiger partial charge on any atom is 0.433 e. The summed E-state index contributed by atoms with van der Waals surface area (Å²) in [5, 5.41) is 11.4. The second-order valence-electron chi connectivity index (χ2n) is 3.94. The van der Waals surface area contributed by atoms with Crippen molar-refractivity contribution in [2.45, 2.75) is 38.4 Å². The molecule has 8 heteroatoms. The molecule has 0 radical (unpaired) electrons. The maximum absolute atomic E-state index is 12.4. The van der Waals surface area contributed by atoms with E-state index in [1.165, 1.54) is 0 Å². The van der Waals surface area contributed by atoms with Crippen molar-refractivity contribution in [1.29, 1.82) is 0 Å². The van der Waals surface area contributed by atoms with Gasteiger partial charge < -0.3 is 10.4 Å². The van der Waals surface area contributed by atoms with Gasteiger partial charge in [-0.15, -0.1) is 0 Å². The molecule has 2 N–H and O–H groups in total. The molecule has 1 aromatic rings. The van der Waals surface area contributed by atoms with Crippen LogP contribution >= 0.6 is 0 Å². The van der Waals surface area contributed by atoms with Crippen molar-refractivity contribution < 1.29 is 23.1 Å². The van der Waals surface area contributed by atoms with Crippen molar-refractivity contribution >= 4 is 11.9 Å². The minimum atomic E-state index is -4.58. The molecule has 0 amide bonds. The van der Waals surface area contributed by atoms with E-state index in [4.69, 9.17) is 5.11 Å². The molecular weight excluding hydrogens is 263 g/mol. The number of alkyl halides is 3. The third kappa shape index (κ3) is 4.72. The Hall–Kier alpha value is -1.86. The van der Waals surface area contributed by atoms with Gasteiger partial charge in [0.05, 0.1) is 0 Å². The molecule has 0 bridgehead atoms. The molecule has 5 nitrogen and oxygen atoms in total. The summed E-state index contributed by atoms with van der Waals surface area (Å²) in [5.74, 6) is -1.48. The number of aliphatic carboxylic acids is 1.